The van der Waals surface area contributed by atoms with Crippen LogP contribution in [0.5, 0.6) is 0 Å². The van der Waals surface area contributed by atoms with Crippen LogP contribution in [0, 0.1) is 69.0 Å². The zero-order chi connectivity index (χ0) is 30.0. The second-order valence-electron chi connectivity index (χ2n) is 19.7. The molecule has 13 aliphatic rings. The number of allylic oxidation sites excluding steroid dienone is 6. The Morgan fingerprint density at radius 2 is 0.786 bits per heavy atom. The largest absolute Gasteiger partial charge is 0.0710 e. The van der Waals surface area contributed by atoms with Gasteiger partial charge in [-0.3, -0.25) is 0 Å². The van der Waals surface area contributed by atoms with Gasteiger partial charge >= 0.3 is 0 Å². The fourth-order valence-corrected chi connectivity index (χ4v) is 15.0. The molecule has 7 saturated carbocycles. The van der Waals surface area contributed by atoms with E-state index in [0.29, 0.717) is 21.7 Å². The van der Waals surface area contributed by atoms with Gasteiger partial charge in [0, 0.05) is 0 Å². The first-order valence-electron chi connectivity index (χ1n) is 18.6. The van der Waals surface area contributed by atoms with E-state index in [1.807, 2.05) is 0 Å². The first kappa shape index (κ1) is 29.9. The van der Waals surface area contributed by atoms with Gasteiger partial charge in [-0.2, -0.15) is 0 Å². The number of hydrogen-bond acceptors (Lipinski definition) is 0. The van der Waals surface area contributed by atoms with E-state index < -0.39 is 0 Å². The lowest BCUT2D eigenvalue weighted by molar-refractivity contribution is -0.0678. The second kappa shape index (κ2) is 9.86. The van der Waals surface area contributed by atoms with Crippen molar-refractivity contribution >= 4 is 0 Å². The molecule has 7 fully saturated rings. The molecule has 0 heteroatoms. The van der Waals surface area contributed by atoms with Crippen molar-refractivity contribution in [3.63, 3.8) is 0 Å². The summed E-state index contributed by atoms with van der Waals surface area (Å²) in [4.78, 5) is 0. The summed E-state index contributed by atoms with van der Waals surface area (Å²) in [6.45, 7) is 24.6. The number of rotatable bonds is 0. The highest BCUT2D eigenvalue weighted by molar-refractivity contribution is 5.33. The van der Waals surface area contributed by atoms with Crippen molar-refractivity contribution in [2.45, 2.75) is 159 Å². The van der Waals surface area contributed by atoms with Gasteiger partial charge in [0.25, 0.3) is 0 Å². The summed E-state index contributed by atoms with van der Waals surface area (Å²) in [5, 5.41) is 0. The van der Waals surface area contributed by atoms with Gasteiger partial charge in [0.15, 0.2) is 0 Å². The van der Waals surface area contributed by atoms with Crippen molar-refractivity contribution in [3.8, 4) is 0 Å². The highest BCUT2D eigenvalue weighted by Gasteiger charge is 2.60. The molecule has 0 spiro atoms. The van der Waals surface area contributed by atoms with Crippen molar-refractivity contribution < 1.29 is 0 Å². The van der Waals surface area contributed by atoms with Gasteiger partial charge in [-0.1, -0.05) is 61.1 Å². The summed E-state index contributed by atoms with van der Waals surface area (Å²) in [6.07, 6.45) is 21.0. The lowest BCUT2D eigenvalue weighted by atomic mass is 9.46. The zero-order valence-electron chi connectivity index (χ0n) is 29.5. The minimum absolute atomic E-state index is 0.486. The number of fused-ring (bicyclic) bond motifs is 1. The van der Waals surface area contributed by atoms with Crippen LogP contribution < -0.4 is 0 Å². The van der Waals surface area contributed by atoms with E-state index in [0.717, 1.165) is 47.3 Å². The average Bonchev–Trinajstić information content (AvgIpc) is 3.08. The van der Waals surface area contributed by atoms with E-state index >= 15 is 0 Å². The molecule has 0 amide bonds. The van der Waals surface area contributed by atoms with Crippen LogP contribution in [0.2, 0.25) is 0 Å². The normalized spacial score (nSPS) is 52.7. The van der Waals surface area contributed by atoms with Crippen LogP contribution in [-0.4, -0.2) is 0 Å². The fourth-order valence-electron chi connectivity index (χ4n) is 15.0. The topological polar surface area (TPSA) is 0 Å². The Balaban J connectivity index is 0.000000105. The van der Waals surface area contributed by atoms with Gasteiger partial charge in [0.1, 0.15) is 0 Å². The maximum absolute atomic E-state index is 2.56. The van der Waals surface area contributed by atoms with Crippen LogP contribution in [0.4, 0.5) is 0 Å². The first-order chi connectivity index (χ1) is 19.6. The predicted octanol–water partition coefficient (Wildman–Crippen LogP) is 12.5. The third-order valence-electron chi connectivity index (χ3n) is 16.4. The van der Waals surface area contributed by atoms with E-state index in [2.05, 4.69) is 69.2 Å². The van der Waals surface area contributed by atoms with Crippen LogP contribution >= 0.6 is 0 Å². The lowest BCUT2D eigenvalue weighted by Gasteiger charge is -2.58. The molecule has 0 aromatic heterocycles. The molecule has 13 aliphatic carbocycles. The molecule has 0 radical (unpaired) electrons. The molecule has 0 saturated heterocycles. The summed E-state index contributed by atoms with van der Waals surface area (Å²) in [5.41, 5.74) is 12.7. The molecule has 4 unspecified atom stereocenters. The second-order valence-corrected chi connectivity index (χ2v) is 19.7. The Bertz CT molecular complexity index is 1100. The molecular weight excluding hydrogens is 504 g/mol. The van der Waals surface area contributed by atoms with Crippen molar-refractivity contribution in [1.82, 2.24) is 0 Å². The Kier molecular flexibility index (Phi) is 7.02. The third kappa shape index (κ3) is 4.72. The van der Waals surface area contributed by atoms with Crippen molar-refractivity contribution in [2.24, 2.45) is 69.0 Å². The van der Waals surface area contributed by atoms with Gasteiger partial charge in [-0.15, -0.1) is 0 Å². The van der Waals surface area contributed by atoms with E-state index in [1.165, 1.54) is 70.6 Å². The van der Waals surface area contributed by atoms with Crippen molar-refractivity contribution in [1.29, 1.82) is 0 Å². The average molecular weight is 571 g/mol. The molecule has 0 aromatic rings. The molecule has 12 bridgehead atoms. The fraction of sp³-hybridized carbons (Fsp3) is 0.857. The van der Waals surface area contributed by atoms with Gasteiger partial charge in [0.05, 0.1) is 0 Å². The summed E-state index contributed by atoms with van der Waals surface area (Å²) >= 11 is 0. The lowest BCUT2D eigenvalue weighted by Crippen LogP contribution is -2.48. The van der Waals surface area contributed by atoms with E-state index in [1.54, 1.807) is 52.7 Å². The molecule has 42 heavy (non-hydrogen) atoms. The van der Waals surface area contributed by atoms with Gasteiger partial charge in [-0.25, -0.2) is 0 Å². The molecule has 0 nitrogen and oxygen atoms in total. The Hall–Kier alpha value is -0.780. The molecule has 13 rings (SSSR count). The minimum Gasteiger partial charge on any atom is -0.0710 e. The smallest absolute Gasteiger partial charge is 0.0106 e. The summed E-state index contributed by atoms with van der Waals surface area (Å²) < 4.78 is 0. The molecule has 0 aromatic carbocycles. The Morgan fingerprint density at radius 3 is 1.12 bits per heavy atom. The van der Waals surface area contributed by atoms with Crippen LogP contribution in [0.15, 0.2) is 33.4 Å². The zero-order valence-corrected chi connectivity index (χ0v) is 29.5. The quantitative estimate of drug-likeness (QED) is 0.254. The standard InChI is InChI=1S/C17H28.C13H20.C12H18/c1-12-13(2)17(6)10-14(3)7-15(4,11-17)9-16(12,5)8-14;1-8-9(2)13-6-10-3-11(7-13)5-12(8)4-10;1-7-8(2)12-6-9-3-4-10(12)5-11(7)9/h7-11H2,1-6H3;10-13H,3-7H2,1-2H3;9-12H,3-6H2,1-2H3. The van der Waals surface area contributed by atoms with Gasteiger partial charge in [0.2, 0.25) is 0 Å². The highest BCUT2D eigenvalue weighted by atomic mass is 14.6. The van der Waals surface area contributed by atoms with Crippen molar-refractivity contribution in [3.05, 3.63) is 33.4 Å². The third-order valence-corrected chi connectivity index (χ3v) is 16.4. The maximum atomic E-state index is 2.56. The van der Waals surface area contributed by atoms with Crippen molar-refractivity contribution in [2.75, 3.05) is 0 Å². The molecule has 0 N–H and O–H groups in total. The maximum Gasteiger partial charge on any atom is -0.0106 e. The molecule has 0 heterocycles. The minimum atomic E-state index is 0.486. The van der Waals surface area contributed by atoms with E-state index in [4.69, 9.17) is 0 Å². The predicted molar refractivity (Wildman–Crippen MR) is 180 cm³/mol. The Morgan fingerprint density at radius 1 is 0.429 bits per heavy atom. The number of hydrogen-bond donors (Lipinski definition) is 0. The van der Waals surface area contributed by atoms with E-state index in [9.17, 15) is 0 Å². The van der Waals surface area contributed by atoms with Gasteiger partial charge < -0.3 is 0 Å². The van der Waals surface area contributed by atoms with Crippen LogP contribution in [0.3, 0.4) is 0 Å². The SMILES string of the molecule is CC1=C(C)C2(C)CC3(C)CC(C)(CC1(C)C3)C2.CC1=C(C)C2CC3CC(CC1C3)C2.CC1=C(C)C2CC3CCC2CC13. The van der Waals surface area contributed by atoms with Crippen LogP contribution in [-0.2, 0) is 0 Å². The molecule has 234 valence electrons. The summed E-state index contributed by atoms with van der Waals surface area (Å²) in [7, 11) is 0. The van der Waals surface area contributed by atoms with E-state index in [-0.39, 0.29) is 0 Å². The van der Waals surface area contributed by atoms with Crippen LogP contribution in [0.25, 0.3) is 0 Å². The highest BCUT2D eigenvalue weighted by Crippen LogP contribution is 2.71. The van der Waals surface area contributed by atoms with Gasteiger partial charge in [-0.05, 0) is 200 Å². The molecule has 4 atom stereocenters. The van der Waals surface area contributed by atoms with Crippen LogP contribution in [0.1, 0.15) is 159 Å². The Labute approximate surface area is 261 Å². The molecular formula is C42H66. The summed E-state index contributed by atoms with van der Waals surface area (Å²) in [5.74, 6) is 8.34. The summed E-state index contributed by atoms with van der Waals surface area (Å²) in [6, 6.07) is 0. The molecule has 0 aliphatic heterocycles. The first-order valence-corrected chi connectivity index (χ1v) is 18.6. The monoisotopic (exact) mass is 571 g/mol.